The molecule has 1 aromatic rings. The minimum absolute atomic E-state index is 0.180. The first-order valence-electron chi connectivity index (χ1n) is 4.93. The second-order valence-electron chi connectivity index (χ2n) is 3.55. The number of halogens is 2. The zero-order valence-electron chi connectivity index (χ0n) is 8.76. The molecule has 0 atom stereocenters. The molecule has 15 heavy (non-hydrogen) atoms. The summed E-state index contributed by atoms with van der Waals surface area (Å²) in [5, 5.41) is 0.180. The van der Waals surface area contributed by atoms with Crippen molar-refractivity contribution in [1.29, 1.82) is 0 Å². The van der Waals surface area contributed by atoms with Gasteiger partial charge in [-0.15, -0.1) is 0 Å². The van der Waals surface area contributed by atoms with Gasteiger partial charge < -0.3 is 5.73 Å². The molecule has 0 aromatic heterocycles. The first-order valence-corrected chi connectivity index (χ1v) is 5.31. The fourth-order valence-corrected chi connectivity index (χ4v) is 1.58. The highest BCUT2D eigenvalue weighted by Gasteiger charge is 2.01. The normalized spacial score (nSPS) is 11.9. The van der Waals surface area contributed by atoms with Gasteiger partial charge in [-0.05, 0) is 44.0 Å². The molecule has 0 spiro atoms. The van der Waals surface area contributed by atoms with Crippen molar-refractivity contribution in [1.82, 2.24) is 0 Å². The molecule has 0 saturated carbocycles. The summed E-state index contributed by atoms with van der Waals surface area (Å²) in [5.41, 5.74) is 7.64. The van der Waals surface area contributed by atoms with E-state index in [4.69, 9.17) is 17.3 Å². The van der Waals surface area contributed by atoms with Crippen LogP contribution in [0.4, 0.5) is 4.39 Å². The molecule has 0 aliphatic heterocycles. The molecule has 0 unspecified atom stereocenters. The fourth-order valence-electron chi connectivity index (χ4n) is 1.37. The van der Waals surface area contributed by atoms with Gasteiger partial charge in [0.1, 0.15) is 5.82 Å². The Kier molecular flexibility index (Phi) is 4.79. The van der Waals surface area contributed by atoms with E-state index in [1.54, 1.807) is 12.1 Å². The summed E-state index contributed by atoms with van der Waals surface area (Å²) >= 11 is 5.69. The number of allylic oxidation sites excluding steroid dienone is 1. The van der Waals surface area contributed by atoms with Gasteiger partial charge in [-0.25, -0.2) is 4.39 Å². The summed E-state index contributed by atoms with van der Waals surface area (Å²) in [4.78, 5) is 0. The summed E-state index contributed by atoms with van der Waals surface area (Å²) in [6, 6.07) is 4.81. The third-order valence-corrected chi connectivity index (χ3v) is 2.42. The summed E-state index contributed by atoms with van der Waals surface area (Å²) in [6.45, 7) is 2.69. The van der Waals surface area contributed by atoms with Gasteiger partial charge in [-0.3, -0.25) is 0 Å². The van der Waals surface area contributed by atoms with E-state index in [9.17, 15) is 4.39 Å². The van der Waals surface area contributed by atoms with Crippen LogP contribution < -0.4 is 5.73 Å². The molecule has 0 heterocycles. The Hall–Kier alpha value is -0.860. The van der Waals surface area contributed by atoms with E-state index >= 15 is 0 Å². The first kappa shape index (κ1) is 12.2. The molecule has 1 nitrogen and oxygen atoms in total. The summed E-state index contributed by atoms with van der Waals surface area (Å²) < 4.78 is 12.9. The predicted molar refractivity (Wildman–Crippen MR) is 62.5 cm³/mol. The molecule has 0 aliphatic rings. The molecular weight excluding hydrogens is 213 g/mol. The van der Waals surface area contributed by atoms with Gasteiger partial charge in [0.2, 0.25) is 0 Å². The zero-order chi connectivity index (χ0) is 11.3. The van der Waals surface area contributed by atoms with Gasteiger partial charge in [0.05, 0.1) is 5.02 Å². The van der Waals surface area contributed by atoms with Gasteiger partial charge in [0.25, 0.3) is 0 Å². The van der Waals surface area contributed by atoms with Crippen molar-refractivity contribution in [2.75, 3.05) is 6.54 Å². The monoisotopic (exact) mass is 227 g/mol. The quantitative estimate of drug-likeness (QED) is 0.785. The van der Waals surface area contributed by atoms with Gasteiger partial charge in [0.15, 0.2) is 0 Å². The largest absolute Gasteiger partial charge is 0.330 e. The van der Waals surface area contributed by atoms with Gasteiger partial charge in [-0.2, -0.15) is 0 Å². The van der Waals surface area contributed by atoms with Crippen molar-refractivity contribution in [3.8, 4) is 0 Å². The number of hydrogen-bond donors (Lipinski definition) is 1. The average molecular weight is 228 g/mol. The molecule has 0 saturated heterocycles. The van der Waals surface area contributed by atoms with Gasteiger partial charge >= 0.3 is 0 Å². The van der Waals surface area contributed by atoms with Crippen LogP contribution in [-0.2, 0) is 6.42 Å². The molecule has 0 amide bonds. The van der Waals surface area contributed by atoms with Crippen molar-refractivity contribution in [2.24, 2.45) is 5.73 Å². The molecule has 1 aromatic carbocycles. The SMILES string of the molecule is C/C(=C/CCN)Cc1ccc(F)c(Cl)c1. The highest BCUT2D eigenvalue weighted by molar-refractivity contribution is 6.30. The number of benzene rings is 1. The third-order valence-electron chi connectivity index (χ3n) is 2.13. The Morgan fingerprint density at radius 3 is 2.87 bits per heavy atom. The van der Waals surface area contributed by atoms with Crippen LogP contribution in [0.25, 0.3) is 0 Å². The topological polar surface area (TPSA) is 26.0 Å². The lowest BCUT2D eigenvalue weighted by molar-refractivity contribution is 0.627. The van der Waals surface area contributed by atoms with Crippen LogP contribution in [0.5, 0.6) is 0 Å². The molecule has 0 fully saturated rings. The van der Waals surface area contributed by atoms with E-state index < -0.39 is 0 Å². The minimum atomic E-state index is -0.371. The molecule has 0 bridgehead atoms. The van der Waals surface area contributed by atoms with Crippen LogP contribution >= 0.6 is 11.6 Å². The molecule has 0 aliphatic carbocycles. The lowest BCUT2D eigenvalue weighted by atomic mass is 10.1. The Bertz CT molecular complexity index is 361. The molecule has 3 heteroatoms. The molecule has 0 radical (unpaired) electrons. The lowest BCUT2D eigenvalue weighted by Crippen LogP contribution is -1.97. The zero-order valence-corrected chi connectivity index (χ0v) is 9.52. The second-order valence-corrected chi connectivity index (χ2v) is 3.96. The maximum Gasteiger partial charge on any atom is 0.141 e. The van der Waals surface area contributed by atoms with Gasteiger partial charge in [0, 0.05) is 0 Å². The van der Waals surface area contributed by atoms with Crippen molar-refractivity contribution in [2.45, 2.75) is 19.8 Å². The van der Waals surface area contributed by atoms with E-state index in [0.717, 1.165) is 18.4 Å². The maximum atomic E-state index is 12.9. The van der Waals surface area contributed by atoms with E-state index in [-0.39, 0.29) is 10.8 Å². The third kappa shape index (κ3) is 4.02. The number of nitrogens with two attached hydrogens (primary N) is 1. The van der Waals surface area contributed by atoms with Crippen molar-refractivity contribution in [3.63, 3.8) is 0 Å². The first-order chi connectivity index (χ1) is 7.13. The Balaban J connectivity index is 2.68. The van der Waals surface area contributed by atoms with E-state index in [1.807, 2.05) is 6.92 Å². The predicted octanol–water partition coefficient (Wildman–Crippen LogP) is 3.32. The van der Waals surface area contributed by atoms with Crippen molar-refractivity contribution >= 4 is 11.6 Å². The smallest absolute Gasteiger partial charge is 0.141 e. The molecule has 2 N–H and O–H groups in total. The lowest BCUT2D eigenvalue weighted by Gasteiger charge is -2.03. The average Bonchev–Trinajstić information content (AvgIpc) is 2.20. The molecule has 82 valence electrons. The standard InChI is InChI=1S/C12H15ClFN/c1-9(3-2-6-15)7-10-4-5-12(14)11(13)8-10/h3-5,8H,2,6-7,15H2,1H3/b9-3-. The number of hydrogen-bond acceptors (Lipinski definition) is 1. The molecule has 1 rings (SSSR count). The Labute approximate surface area is 94.7 Å². The maximum absolute atomic E-state index is 12.9. The van der Waals surface area contributed by atoms with Crippen molar-refractivity contribution < 1.29 is 4.39 Å². The highest BCUT2D eigenvalue weighted by Crippen LogP contribution is 2.18. The van der Waals surface area contributed by atoms with Crippen LogP contribution in [0.2, 0.25) is 5.02 Å². The van der Waals surface area contributed by atoms with Crippen LogP contribution in [0.1, 0.15) is 18.9 Å². The van der Waals surface area contributed by atoms with Crippen LogP contribution in [0.15, 0.2) is 29.8 Å². The Morgan fingerprint density at radius 1 is 1.53 bits per heavy atom. The molecular formula is C12H15ClFN. The summed E-state index contributed by atoms with van der Waals surface area (Å²) in [6.07, 6.45) is 3.76. The van der Waals surface area contributed by atoms with Crippen LogP contribution in [0, 0.1) is 5.82 Å². The summed E-state index contributed by atoms with van der Waals surface area (Å²) in [7, 11) is 0. The minimum Gasteiger partial charge on any atom is -0.330 e. The summed E-state index contributed by atoms with van der Waals surface area (Å²) in [5.74, 6) is -0.371. The van der Waals surface area contributed by atoms with E-state index in [1.165, 1.54) is 11.6 Å². The highest BCUT2D eigenvalue weighted by atomic mass is 35.5. The Morgan fingerprint density at radius 2 is 2.27 bits per heavy atom. The fraction of sp³-hybridized carbons (Fsp3) is 0.333. The van der Waals surface area contributed by atoms with Crippen LogP contribution in [0.3, 0.4) is 0 Å². The van der Waals surface area contributed by atoms with E-state index in [0.29, 0.717) is 6.54 Å². The van der Waals surface area contributed by atoms with Crippen LogP contribution in [-0.4, -0.2) is 6.54 Å². The number of rotatable bonds is 4. The van der Waals surface area contributed by atoms with Crippen molar-refractivity contribution in [3.05, 3.63) is 46.3 Å². The van der Waals surface area contributed by atoms with E-state index in [2.05, 4.69) is 6.08 Å². The second kappa shape index (κ2) is 5.89. The van der Waals surface area contributed by atoms with Gasteiger partial charge in [-0.1, -0.05) is 29.3 Å².